The normalized spacial score (nSPS) is 19.9. The number of carbonyl (C=O) groups is 3. The van der Waals surface area contributed by atoms with E-state index >= 15 is 0 Å². The minimum Gasteiger partial charge on any atom is -0.340 e. The molecule has 0 unspecified atom stereocenters. The predicted molar refractivity (Wildman–Crippen MR) is 169 cm³/mol. The van der Waals surface area contributed by atoms with Gasteiger partial charge in [-0.25, -0.2) is 12.8 Å². The van der Waals surface area contributed by atoms with Crippen molar-refractivity contribution in [1.82, 2.24) is 19.8 Å². The highest BCUT2D eigenvalue weighted by Gasteiger charge is 2.38. The van der Waals surface area contributed by atoms with E-state index < -0.39 is 22.0 Å². The van der Waals surface area contributed by atoms with Crippen LogP contribution >= 0.6 is 0 Å². The molecule has 1 heterocycles. The minimum atomic E-state index is -3.35. The molecular weight excluding hydrogens is 583 g/mol. The lowest BCUT2D eigenvalue weighted by molar-refractivity contribution is -0.134. The van der Waals surface area contributed by atoms with Gasteiger partial charge in [-0.1, -0.05) is 60.7 Å². The number of amides is 2. The predicted octanol–water partition coefficient (Wildman–Crippen LogP) is 3.72. The molecule has 234 valence electrons. The summed E-state index contributed by atoms with van der Waals surface area (Å²) in [6.45, 7) is 6.99. The number of hydrogen-bond acceptors (Lipinski definition) is 6. The lowest BCUT2D eigenvalue weighted by atomic mass is 10.0. The van der Waals surface area contributed by atoms with E-state index in [-0.39, 0.29) is 49.9 Å². The van der Waals surface area contributed by atoms with Crippen LogP contribution in [0.3, 0.4) is 0 Å². The minimum absolute atomic E-state index is 0.152. The SMILES string of the molecule is C=C(/C=C\C(F)=C/C)[C@H]1C[C@@H]1NCC[C@H](NC(=O)c1ccc(-c2ccc(C=O)cc2)cc1)C(=O)N1CCN(S(C)(=O)=O)CC1. The summed E-state index contributed by atoms with van der Waals surface area (Å²) in [6, 6.07) is 13.4. The molecule has 1 saturated heterocycles. The lowest BCUT2D eigenvalue weighted by Gasteiger charge is -2.35. The highest BCUT2D eigenvalue weighted by atomic mass is 32.2. The summed E-state index contributed by atoms with van der Waals surface area (Å²) in [6.07, 6.45) is 7.55. The third-order valence-electron chi connectivity index (χ3n) is 7.99. The van der Waals surface area contributed by atoms with Crippen LogP contribution in [0.1, 0.15) is 40.5 Å². The second-order valence-electron chi connectivity index (χ2n) is 11.1. The number of aldehydes is 1. The first-order valence-corrected chi connectivity index (χ1v) is 16.5. The van der Waals surface area contributed by atoms with Gasteiger partial charge in [-0.2, -0.15) is 4.31 Å². The van der Waals surface area contributed by atoms with Gasteiger partial charge in [0.25, 0.3) is 5.91 Å². The molecule has 2 aromatic carbocycles. The molecule has 4 rings (SSSR count). The van der Waals surface area contributed by atoms with Crippen LogP contribution < -0.4 is 10.6 Å². The van der Waals surface area contributed by atoms with E-state index in [9.17, 15) is 27.2 Å². The van der Waals surface area contributed by atoms with Gasteiger partial charge in [-0.3, -0.25) is 14.4 Å². The zero-order chi connectivity index (χ0) is 31.9. The van der Waals surface area contributed by atoms with Gasteiger partial charge in [0, 0.05) is 49.3 Å². The topological polar surface area (TPSA) is 116 Å². The Morgan fingerprint density at radius 1 is 1.02 bits per heavy atom. The van der Waals surface area contributed by atoms with Crippen molar-refractivity contribution in [2.24, 2.45) is 5.92 Å². The van der Waals surface area contributed by atoms with Crippen molar-refractivity contribution in [1.29, 1.82) is 0 Å². The largest absolute Gasteiger partial charge is 0.340 e. The standard InChI is InChI=1S/C33H39FN4O5S/c1-4-28(34)14-5-23(2)29-21-31(29)35-16-15-30(33(41)37-17-19-38(20-18-37)44(3,42)43)36-32(40)27-12-10-26(11-13-27)25-8-6-24(22-39)7-9-25/h4-14,22,29-31,35H,2,15-21H2,1,3H3,(H,36,40)/b14-5-,28-4+/t29-,30+,31+/m1/s1. The van der Waals surface area contributed by atoms with Gasteiger partial charge in [-0.15, -0.1) is 0 Å². The van der Waals surface area contributed by atoms with Crippen LogP contribution in [0.2, 0.25) is 0 Å². The third-order valence-corrected chi connectivity index (χ3v) is 9.29. The molecular formula is C33H39FN4O5S. The number of sulfonamides is 1. The molecule has 44 heavy (non-hydrogen) atoms. The van der Waals surface area contributed by atoms with Crippen molar-refractivity contribution >= 4 is 28.1 Å². The Hall–Kier alpha value is -3.93. The van der Waals surface area contributed by atoms with E-state index in [1.54, 1.807) is 42.2 Å². The van der Waals surface area contributed by atoms with Crippen LogP contribution in [0.15, 0.2) is 84.7 Å². The number of piperazine rings is 1. The summed E-state index contributed by atoms with van der Waals surface area (Å²) in [5, 5.41) is 6.31. The quantitative estimate of drug-likeness (QED) is 0.260. The van der Waals surface area contributed by atoms with Gasteiger partial charge in [0.15, 0.2) is 0 Å². The van der Waals surface area contributed by atoms with Crippen LogP contribution in [0.4, 0.5) is 4.39 Å². The van der Waals surface area contributed by atoms with E-state index in [4.69, 9.17) is 0 Å². The van der Waals surface area contributed by atoms with Crippen molar-refractivity contribution in [2.45, 2.75) is 31.8 Å². The van der Waals surface area contributed by atoms with Gasteiger partial charge in [0.2, 0.25) is 15.9 Å². The van der Waals surface area contributed by atoms with Crippen molar-refractivity contribution in [3.05, 3.63) is 95.9 Å². The molecule has 2 aromatic rings. The monoisotopic (exact) mass is 622 g/mol. The van der Waals surface area contributed by atoms with Crippen LogP contribution in [0, 0.1) is 5.92 Å². The fourth-order valence-electron chi connectivity index (χ4n) is 5.18. The zero-order valence-corrected chi connectivity index (χ0v) is 25.9. The summed E-state index contributed by atoms with van der Waals surface area (Å²) in [5.41, 5.74) is 3.57. The maximum absolute atomic E-state index is 13.6. The van der Waals surface area contributed by atoms with Crippen LogP contribution in [0.25, 0.3) is 11.1 Å². The number of nitrogens with one attached hydrogen (secondary N) is 2. The number of rotatable bonds is 13. The van der Waals surface area contributed by atoms with Crippen molar-refractivity contribution in [3.63, 3.8) is 0 Å². The summed E-state index contributed by atoms with van der Waals surface area (Å²) >= 11 is 0. The van der Waals surface area contributed by atoms with E-state index in [2.05, 4.69) is 17.2 Å². The molecule has 2 aliphatic rings. The van der Waals surface area contributed by atoms with Gasteiger partial charge >= 0.3 is 0 Å². The van der Waals surface area contributed by atoms with E-state index in [0.717, 1.165) is 35.7 Å². The highest BCUT2D eigenvalue weighted by molar-refractivity contribution is 7.88. The molecule has 2 amide bonds. The van der Waals surface area contributed by atoms with Crippen molar-refractivity contribution in [3.8, 4) is 11.1 Å². The molecule has 0 spiro atoms. The molecule has 9 nitrogen and oxygen atoms in total. The van der Waals surface area contributed by atoms with Gasteiger partial charge in [-0.05, 0) is 55.6 Å². The van der Waals surface area contributed by atoms with Gasteiger partial charge < -0.3 is 15.5 Å². The van der Waals surface area contributed by atoms with Crippen LogP contribution in [-0.2, 0) is 14.8 Å². The second-order valence-corrected chi connectivity index (χ2v) is 13.1. The molecule has 1 aliphatic heterocycles. The Morgan fingerprint density at radius 3 is 2.20 bits per heavy atom. The van der Waals surface area contributed by atoms with E-state index in [1.807, 2.05) is 24.3 Å². The maximum Gasteiger partial charge on any atom is 0.251 e. The molecule has 0 bridgehead atoms. The van der Waals surface area contributed by atoms with Crippen LogP contribution in [-0.4, -0.2) is 86.8 Å². The summed E-state index contributed by atoms with van der Waals surface area (Å²) in [5.74, 6) is -0.804. The number of hydrogen-bond donors (Lipinski definition) is 2. The smallest absolute Gasteiger partial charge is 0.251 e. The molecule has 0 aromatic heterocycles. The fraction of sp³-hybridized carbons (Fsp3) is 0.364. The Bertz CT molecular complexity index is 1530. The van der Waals surface area contributed by atoms with Gasteiger partial charge in [0.1, 0.15) is 18.2 Å². The number of allylic oxidation sites excluding steroid dienone is 4. The van der Waals surface area contributed by atoms with Crippen molar-refractivity contribution in [2.75, 3.05) is 39.0 Å². The average Bonchev–Trinajstić information content (AvgIpc) is 3.82. The first kappa shape index (κ1) is 33.0. The second kappa shape index (κ2) is 14.7. The van der Waals surface area contributed by atoms with Gasteiger partial charge in [0.05, 0.1) is 6.26 Å². The zero-order valence-electron chi connectivity index (χ0n) is 25.0. The summed E-state index contributed by atoms with van der Waals surface area (Å²) in [7, 11) is -3.35. The molecule has 11 heteroatoms. The first-order chi connectivity index (χ1) is 21.0. The Labute approximate surface area is 258 Å². The Balaban J connectivity index is 1.39. The molecule has 0 radical (unpaired) electrons. The Kier molecular flexibility index (Phi) is 11.0. The lowest BCUT2D eigenvalue weighted by Crippen LogP contribution is -2.56. The number of halogens is 1. The summed E-state index contributed by atoms with van der Waals surface area (Å²) < 4.78 is 38.6. The number of carbonyl (C=O) groups excluding carboxylic acids is 3. The molecule has 2 fully saturated rings. The molecule has 3 atom stereocenters. The number of nitrogens with zero attached hydrogens (tertiary/aromatic N) is 2. The maximum atomic E-state index is 13.6. The highest BCUT2D eigenvalue weighted by Crippen LogP contribution is 2.37. The third kappa shape index (κ3) is 8.81. The summed E-state index contributed by atoms with van der Waals surface area (Å²) in [4.78, 5) is 39.4. The van der Waals surface area contributed by atoms with E-state index in [1.165, 1.54) is 16.5 Å². The Morgan fingerprint density at radius 2 is 1.64 bits per heavy atom. The first-order valence-electron chi connectivity index (χ1n) is 14.6. The molecule has 2 N–H and O–H groups in total. The molecule has 1 aliphatic carbocycles. The fourth-order valence-corrected chi connectivity index (χ4v) is 6.00. The van der Waals surface area contributed by atoms with Crippen LogP contribution in [0.5, 0.6) is 0 Å². The molecule has 1 saturated carbocycles. The van der Waals surface area contributed by atoms with Crippen molar-refractivity contribution < 1.29 is 27.2 Å². The average molecular weight is 623 g/mol. The number of benzene rings is 2. The van der Waals surface area contributed by atoms with E-state index in [0.29, 0.717) is 24.1 Å².